The second-order valence-electron chi connectivity index (χ2n) is 3.71. The van der Waals surface area contributed by atoms with Gasteiger partial charge in [-0.3, -0.25) is 0 Å². The number of hydrogen-bond donors (Lipinski definition) is 1. The van der Waals surface area contributed by atoms with Crippen molar-refractivity contribution in [3.63, 3.8) is 0 Å². The summed E-state index contributed by atoms with van der Waals surface area (Å²) < 4.78 is 5.49. The molecule has 1 N–H and O–H groups in total. The summed E-state index contributed by atoms with van der Waals surface area (Å²) in [5.41, 5.74) is 1.07. The van der Waals surface area contributed by atoms with Gasteiger partial charge in [0.25, 0.3) is 0 Å². The minimum atomic E-state index is 0.140. The molecule has 1 rings (SSSR count). The zero-order chi connectivity index (χ0) is 11.1. The monoisotopic (exact) mass is 209 g/mol. The van der Waals surface area contributed by atoms with Gasteiger partial charge in [-0.05, 0) is 18.1 Å². The van der Waals surface area contributed by atoms with Crippen molar-refractivity contribution < 1.29 is 9.84 Å². The molecule has 1 heterocycles. The minimum absolute atomic E-state index is 0.140. The Balaban J connectivity index is 2.57. The third-order valence-corrected chi connectivity index (χ3v) is 2.35. The van der Waals surface area contributed by atoms with Crippen LogP contribution in [0.25, 0.3) is 0 Å². The van der Waals surface area contributed by atoms with Gasteiger partial charge in [0.15, 0.2) is 0 Å². The van der Waals surface area contributed by atoms with E-state index in [9.17, 15) is 0 Å². The van der Waals surface area contributed by atoms with E-state index in [1.54, 1.807) is 6.20 Å². The van der Waals surface area contributed by atoms with Gasteiger partial charge in [-0.25, -0.2) is 4.98 Å². The van der Waals surface area contributed by atoms with Gasteiger partial charge in [0.2, 0.25) is 5.88 Å². The second-order valence-corrected chi connectivity index (χ2v) is 3.71. The van der Waals surface area contributed by atoms with E-state index >= 15 is 0 Å². The number of aliphatic hydroxyl groups is 1. The second kappa shape index (κ2) is 6.40. The highest BCUT2D eigenvalue weighted by Crippen LogP contribution is 2.18. The van der Waals surface area contributed by atoms with E-state index in [-0.39, 0.29) is 12.5 Å². The Hall–Kier alpha value is -1.09. The lowest BCUT2D eigenvalue weighted by Crippen LogP contribution is -2.02. The number of rotatable bonds is 6. The van der Waals surface area contributed by atoms with Crippen LogP contribution in [0, 0.1) is 0 Å². The fourth-order valence-electron chi connectivity index (χ4n) is 1.24. The molecule has 1 aromatic rings. The molecular weight excluding hydrogens is 190 g/mol. The first kappa shape index (κ1) is 12.0. The Morgan fingerprint density at radius 2 is 2.33 bits per heavy atom. The van der Waals surface area contributed by atoms with Crippen LogP contribution < -0.4 is 4.74 Å². The van der Waals surface area contributed by atoms with Crippen LogP contribution in [-0.2, 0) is 0 Å². The molecule has 3 heteroatoms. The number of aliphatic hydroxyl groups excluding tert-OH is 1. The Labute approximate surface area is 91.1 Å². The average molecular weight is 209 g/mol. The zero-order valence-electron chi connectivity index (χ0n) is 9.44. The van der Waals surface area contributed by atoms with Crippen LogP contribution >= 0.6 is 0 Å². The molecule has 0 spiro atoms. The van der Waals surface area contributed by atoms with Crippen molar-refractivity contribution in [1.29, 1.82) is 0 Å². The fraction of sp³-hybridized carbons (Fsp3) is 0.583. The van der Waals surface area contributed by atoms with Crippen LogP contribution in [0.3, 0.4) is 0 Å². The summed E-state index contributed by atoms with van der Waals surface area (Å²) in [6, 6.07) is 3.81. The van der Waals surface area contributed by atoms with Crippen molar-refractivity contribution in [2.24, 2.45) is 0 Å². The molecule has 0 fully saturated rings. The predicted octanol–water partition coefficient (Wildman–Crippen LogP) is 2.36. The van der Waals surface area contributed by atoms with Gasteiger partial charge in [0, 0.05) is 24.8 Å². The van der Waals surface area contributed by atoms with Crippen LogP contribution in [0.1, 0.15) is 38.2 Å². The molecule has 0 aliphatic rings. The summed E-state index contributed by atoms with van der Waals surface area (Å²) >= 11 is 0. The van der Waals surface area contributed by atoms with Crippen molar-refractivity contribution in [1.82, 2.24) is 4.98 Å². The Bertz CT molecular complexity index is 289. The van der Waals surface area contributed by atoms with Crippen molar-refractivity contribution in [2.45, 2.75) is 32.6 Å². The minimum Gasteiger partial charge on any atom is -0.478 e. The Morgan fingerprint density at radius 1 is 1.53 bits per heavy atom. The SMILES string of the molecule is CCCCOc1cc(C(C)CO)ccn1. The van der Waals surface area contributed by atoms with Crippen LogP contribution in [0.4, 0.5) is 0 Å². The molecule has 1 aromatic heterocycles. The summed E-state index contributed by atoms with van der Waals surface area (Å²) in [6.45, 7) is 4.96. The first-order chi connectivity index (χ1) is 7.27. The molecule has 0 aromatic carbocycles. The molecule has 0 aliphatic carbocycles. The molecule has 1 atom stereocenters. The average Bonchev–Trinajstić information content (AvgIpc) is 2.29. The normalized spacial score (nSPS) is 12.5. The van der Waals surface area contributed by atoms with E-state index in [1.807, 2.05) is 19.1 Å². The Morgan fingerprint density at radius 3 is 3.00 bits per heavy atom. The van der Waals surface area contributed by atoms with Crippen molar-refractivity contribution in [3.8, 4) is 5.88 Å². The van der Waals surface area contributed by atoms with Crippen LogP contribution in [0.5, 0.6) is 5.88 Å². The predicted molar refractivity (Wildman–Crippen MR) is 60.1 cm³/mol. The molecule has 84 valence electrons. The van der Waals surface area contributed by atoms with Gasteiger partial charge in [-0.1, -0.05) is 20.3 Å². The van der Waals surface area contributed by atoms with Gasteiger partial charge in [-0.2, -0.15) is 0 Å². The number of hydrogen-bond acceptors (Lipinski definition) is 3. The number of nitrogens with zero attached hydrogens (tertiary/aromatic N) is 1. The van der Waals surface area contributed by atoms with E-state index in [4.69, 9.17) is 9.84 Å². The first-order valence-corrected chi connectivity index (χ1v) is 5.47. The zero-order valence-corrected chi connectivity index (χ0v) is 9.44. The molecule has 3 nitrogen and oxygen atoms in total. The molecule has 0 amide bonds. The molecule has 0 saturated heterocycles. The summed E-state index contributed by atoms with van der Waals surface area (Å²) in [6.07, 6.45) is 3.89. The topological polar surface area (TPSA) is 42.4 Å². The molecule has 0 saturated carbocycles. The van der Waals surface area contributed by atoms with E-state index in [0.717, 1.165) is 18.4 Å². The fourth-order valence-corrected chi connectivity index (χ4v) is 1.24. The molecule has 15 heavy (non-hydrogen) atoms. The van der Waals surface area contributed by atoms with Gasteiger partial charge >= 0.3 is 0 Å². The van der Waals surface area contributed by atoms with Gasteiger partial charge in [0.05, 0.1) is 6.61 Å². The van der Waals surface area contributed by atoms with Crippen LogP contribution in [0.2, 0.25) is 0 Å². The smallest absolute Gasteiger partial charge is 0.213 e. The number of unbranched alkanes of at least 4 members (excludes halogenated alkanes) is 1. The molecule has 0 bridgehead atoms. The van der Waals surface area contributed by atoms with Gasteiger partial charge < -0.3 is 9.84 Å². The van der Waals surface area contributed by atoms with E-state index in [1.165, 1.54) is 0 Å². The summed E-state index contributed by atoms with van der Waals surface area (Å²) in [5, 5.41) is 9.03. The summed E-state index contributed by atoms with van der Waals surface area (Å²) in [5.74, 6) is 0.794. The highest BCUT2D eigenvalue weighted by molar-refractivity contribution is 5.23. The van der Waals surface area contributed by atoms with Crippen molar-refractivity contribution in [2.75, 3.05) is 13.2 Å². The first-order valence-electron chi connectivity index (χ1n) is 5.47. The van der Waals surface area contributed by atoms with E-state index < -0.39 is 0 Å². The maximum atomic E-state index is 9.03. The third-order valence-electron chi connectivity index (χ3n) is 2.35. The molecule has 1 unspecified atom stereocenters. The standard InChI is InChI=1S/C12H19NO2/c1-3-4-7-15-12-8-11(5-6-13-12)10(2)9-14/h5-6,8,10,14H,3-4,7,9H2,1-2H3. The molecule has 0 aliphatic heterocycles. The highest BCUT2D eigenvalue weighted by Gasteiger charge is 2.05. The highest BCUT2D eigenvalue weighted by atomic mass is 16.5. The van der Waals surface area contributed by atoms with Crippen LogP contribution in [0.15, 0.2) is 18.3 Å². The van der Waals surface area contributed by atoms with E-state index in [2.05, 4.69) is 11.9 Å². The van der Waals surface area contributed by atoms with Crippen LogP contribution in [-0.4, -0.2) is 23.3 Å². The van der Waals surface area contributed by atoms with E-state index in [0.29, 0.717) is 12.5 Å². The lowest BCUT2D eigenvalue weighted by atomic mass is 10.0. The van der Waals surface area contributed by atoms with Gasteiger partial charge in [0.1, 0.15) is 0 Å². The maximum absolute atomic E-state index is 9.03. The lowest BCUT2D eigenvalue weighted by molar-refractivity contribution is 0.271. The largest absolute Gasteiger partial charge is 0.478 e. The summed E-state index contributed by atoms with van der Waals surface area (Å²) in [7, 11) is 0. The number of ether oxygens (including phenoxy) is 1. The molecule has 0 radical (unpaired) electrons. The maximum Gasteiger partial charge on any atom is 0.213 e. The Kier molecular flexibility index (Phi) is 5.12. The molecular formula is C12H19NO2. The summed E-state index contributed by atoms with van der Waals surface area (Å²) in [4.78, 5) is 4.12. The number of pyridine rings is 1. The quantitative estimate of drug-likeness (QED) is 0.731. The van der Waals surface area contributed by atoms with Crippen molar-refractivity contribution >= 4 is 0 Å². The third kappa shape index (κ3) is 3.88. The number of aromatic nitrogens is 1. The lowest BCUT2D eigenvalue weighted by Gasteiger charge is -2.10. The van der Waals surface area contributed by atoms with Crippen molar-refractivity contribution in [3.05, 3.63) is 23.9 Å². The van der Waals surface area contributed by atoms with Gasteiger partial charge in [-0.15, -0.1) is 0 Å².